The summed E-state index contributed by atoms with van der Waals surface area (Å²) in [5, 5.41) is 9.97. The first-order valence-electron chi connectivity index (χ1n) is 7.60. The highest BCUT2D eigenvalue weighted by molar-refractivity contribution is 5.47. The van der Waals surface area contributed by atoms with Crippen LogP contribution < -0.4 is 9.64 Å². The number of hydrogen-bond donors (Lipinski definition) is 1. The minimum Gasteiger partial charge on any atom is -0.435 e. The van der Waals surface area contributed by atoms with Crippen LogP contribution in [0.1, 0.15) is 18.9 Å². The van der Waals surface area contributed by atoms with Gasteiger partial charge in [-0.1, -0.05) is 37.3 Å². The Labute approximate surface area is 135 Å². The van der Waals surface area contributed by atoms with E-state index in [2.05, 4.69) is 9.64 Å². The number of rotatable bonds is 8. The predicted molar refractivity (Wildman–Crippen MR) is 86.9 cm³/mol. The molecule has 0 aliphatic carbocycles. The highest BCUT2D eigenvalue weighted by Crippen LogP contribution is 2.20. The lowest BCUT2D eigenvalue weighted by Gasteiger charge is -2.27. The number of halogens is 2. The summed E-state index contributed by atoms with van der Waals surface area (Å²) in [5.41, 5.74) is 1.96. The van der Waals surface area contributed by atoms with E-state index in [1.165, 1.54) is 12.1 Å². The summed E-state index contributed by atoms with van der Waals surface area (Å²) in [6.45, 7) is 0.206. The summed E-state index contributed by atoms with van der Waals surface area (Å²) in [7, 11) is 0. The van der Waals surface area contributed by atoms with Gasteiger partial charge in [-0.05, 0) is 36.2 Å². The largest absolute Gasteiger partial charge is 0.435 e. The lowest BCUT2D eigenvalue weighted by atomic mass is 10.1. The van der Waals surface area contributed by atoms with Crippen molar-refractivity contribution in [3.05, 3.63) is 60.2 Å². The zero-order chi connectivity index (χ0) is 16.7. The molecular weight excluding hydrogens is 300 g/mol. The number of aliphatic hydroxyl groups is 1. The topological polar surface area (TPSA) is 32.7 Å². The van der Waals surface area contributed by atoms with Gasteiger partial charge in [-0.25, -0.2) is 0 Å². The molecule has 1 N–H and O–H groups in total. The first kappa shape index (κ1) is 17.2. The molecule has 0 saturated carbocycles. The summed E-state index contributed by atoms with van der Waals surface area (Å²) < 4.78 is 28.7. The van der Waals surface area contributed by atoms with E-state index >= 15 is 0 Å². The molecule has 1 unspecified atom stereocenters. The van der Waals surface area contributed by atoms with E-state index in [4.69, 9.17) is 0 Å². The molecule has 2 rings (SSSR count). The fourth-order valence-electron chi connectivity index (χ4n) is 2.28. The Bertz CT molecular complexity index is 575. The summed E-state index contributed by atoms with van der Waals surface area (Å²) in [6, 6.07) is 16.4. The summed E-state index contributed by atoms with van der Waals surface area (Å²) >= 11 is 0. The Kier molecular flexibility index (Phi) is 6.35. The van der Waals surface area contributed by atoms with Gasteiger partial charge in [0.15, 0.2) is 0 Å². The van der Waals surface area contributed by atoms with Crippen molar-refractivity contribution in [2.75, 3.05) is 11.4 Å². The number of alkyl halides is 2. The van der Waals surface area contributed by atoms with Gasteiger partial charge < -0.3 is 14.7 Å². The molecule has 2 aromatic carbocycles. The minimum absolute atomic E-state index is 0.142. The molecule has 0 fully saturated rings. The van der Waals surface area contributed by atoms with Gasteiger partial charge in [0.05, 0.1) is 6.10 Å². The van der Waals surface area contributed by atoms with Gasteiger partial charge in [0.2, 0.25) is 0 Å². The third-order valence-electron chi connectivity index (χ3n) is 3.55. The third-order valence-corrected chi connectivity index (χ3v) is 3.55. The van der Waals surface area contributed by atoms with E-state index in [1.54, 1.807) is 12.1 Å². The van der Waals surface area contributed by atoms with Gasteiger partial charge in [-0.3, -0.25) is 0 Å². The van der Waals surface area contributed by atoms with Crippen LogP contribution in [-0.2, 0) is 6.54 Å². The summed E-state index contributed by atoms with van der Waals surface area (Å²) in [6.07, 6.45) is 0.251. The number of hydrogen-bond acceptors (Lipinski definition) is 3. The number of anilines is 1. The fourth-order valence-corrected chi connectivity index (χ4v) is 2.28. The van der Waals surface area contributed by atoms with Crippen molar-refractivity contribution in [2.45, 2.75) is 32.6 Å². The van der Waals surface area contributed by atoms with Crippen LogP contribution in [-0.4, -0.2) is 24.4 Å². The zero-order valence-corrected chi connectivity index (χ0v) is 13.0. The van der Waals surface area contributed by atoms with Crippen LogP contribution in [0.25, 0.3) is 0 Å². The van der Waals surface area contributed by atoms with E-state index in [1.807, 2.05) is 37.3 Å². The fraction of sp³-hybridized carbons (Fsp3) is 0.333. The lowest BCUT2D eigenvalue weighted by Crippen LogP contribution is -2.31. The number of aliphatic hydroxyl groups excluding tert-OH is 1. The van der Waals surface area contributed by atoms with E-state index in [0.29, 0.717) is 19.5 Å². The standard InChI is InChI=1S/C18H21F2NO2/c1-2-16(22)13-21(15-6-4-3-5-7-15)12-14-8-10-17(11-9-14)23-18(19)20/h3-11,16,18,22H,2,12-13H2,1H3. The molecule has 0 aromatic heterocycles. The van der Waals surface area contributed by atoms with Crippen molar-refractivity contribution in [3.8, 4) is 5.75 Å². The average molecular weight is 321 g/mol. The number of nitrogens with zero attached hydrogens (tertiary/aromatic N) is 1. The average Bonchev–Trinajstić information content (AvgIpc) is 2.56. The van der Waals surface area contributed by atoms with Crippen LogP contribution in [0.4, 0.5) is 14.5 Å². The molecule has 5 heteroatoms. The van der Waals surface area contributed by atoms with Crippen LogP contribution in [0, 0.1) is 0 Å². The van der Waals surface area contributed by atoms with Crippen LogP contribution >= 0.6 is 0 Å². The maximum Gasteiger partial charge on any atom is 0.387 e. The van der Waals surface area contributed by atoms with Gasteiger partial charge in [0, 0.05) is 18.8 Å². The van der Waals surface area contributed by atoms with Crippen molar-refractivity contribution < 1.29 is 18.6 Å². The summed E-state index contributed by atoms with van der Waals surface area (Å²) in [5.74, 6) is 0.142. The van der Waals surface area contributed by atoms with Crippen LogP contribution in [0.5, 0.6) is 5.75 Å². The number of benzene rings is 2. The predicted octanol–water partition coefficient (Wildman–Crippen LogP) is 4.07. The molecule has 0 aliphatic rings. The molecule has 1 atom stereocenters. The van der Waals surface area contributed by atoms with E-state index in [0.717, 1.165) is 11.3 Å². The van der Waals surface area contributed by atoms with Gasteiger partial charge in [-0.15, -0.1) is 0 Å². The molecule has 3 nitrogen and oxygen atoms in total. The Morgan fingerprint density at radius 1 is 1.04 bits per heavy atom. The van der Waals surface area contributed by atoms with Crippen LogP contribution in [0.3, 0.4) is 0 Å². The number of ether oxygens (including phenoxy) is 1. The smallest absolute Gasteiger partial charge is 0.387 e. The Morgan fingerprint density at radius 3 is 2.26 bits per heavy atom. The molecule has 0 radical (unpaired) electrons. The maximum absolute atomic E-state index is 12.2. The third kappa shape index (κ3) is 5.53. The molecule has 23 heavy (non-hydrogen) atoms. The molecule has 124 valence electrons. The molecular formula is C18H21F2NO2. The van der Waals surface area contributed by atoms with E-state index < -0.39 is 12.7 Å². The van der Waals surface area contributed by atoms with Crippen LogP contribution in [0.15, 0.2) is 54.6 Å². The first-order valence-corrected chi connectivity index (χ1v) is 7.60. The molecule has 0 spiro atoms. The molecule has 0 bridgehead atoms. The molecule has 0 saturated heterocycles. The maximum atomic E-state index is 12.2. The second-order valence-electron chi connectivity index (χ2n) is 5.30. The Hall–Kier alpha value is -2.14. The van der Waals surface area contributed by atoms with E-state index in [9.17, 15) is 13.9 Å². The van der Waals surface area contributed by atoms with Crippen molar-refractivity contribution in [1.29, 1.82) is 0 Å². The van der Waals surface area contributed by atoms with Crippen LogP contribution in [0.2, 0.25) is 0 Å². The van der Waals surface area contributed by atoms with Crippen molar-refractivity contribution in [3.63, 3.8) is 0 Å². The van der Waals surface area contributed by atoms with Gasteiger partial charge >= 0.3 is 6.61 Å². The Balaban J connectivity index is 2.10. The van der Waals surface area contributed by atoms with Gasteiger partial charge in [-0.2, -0.15) is 8.78 Å². The molecule has 2 aromatic rings. The lowest BCUT2D eigenvalue weighted by molar-refractivity contribution is -0.0498. The number of para-hydroxylation sites is 1. The van der Waals surface area contributed by atoms with E-state index in [-0.39, 0.29) is 5.75 Å². The Morgan fingerprint density at radius 2 is 1.70 bits per heavy atom. The monoisotopic (exact) mass is 321 g/mol. The highest BCUT2D eigenvalue weighted by atomic mass is 19.3. The normalized spacial score (nSPS) is 12.2. The summed E-state index contributed by atoms with van der Waals surface area (Å²) in [4.78, 5) is 2.07. The minimum atomic E-state index is -2.82. The SMILES string of the molecule is CCC(O)CN(Cc1ccc(OC(F)F)cc1)c1ccccc1. The second-order valence-corrected chi connectivity index (χ2v) is 5.30. The molecule has 0 amide bonds. The first-order chi connectivity index (χ1) is 11.1. The molecule has 0 aliphatic heterocycles. The highest BCUT2D eigenvalue weighted by Gasteiger charge is 2.12. The van der Waals surface area contributed by atoms with Gasteiger partial charge in [0.1, 0.15) is 5.75 Å². The van der Waals surface area contributed by atoms with Crippen molar-refractivity contribution in [1.82, 2.24) is 0 Å². The quantitative estimate of drug-likeness (QED) is 0.796. The van der Waals surface area contributed by atoms with Crippen molar-refractivity contribution >= 4 is 5.69 Å². The van der Waals surface area contributed by atoms with Gasteiger partial charge in [0.25, 0.3) is 0 Å². The van der Waals surface area contributed by atoms with Crippen molar-refractivity contribution in [2.24, 2.45) is 0 Å². The zero-order valence-electron chi connectivity index (χ0n) is 13.0. The molecule has 0 heterocycles. The second kappa shape index (κ2) is 8.48.